The lowest BCUT2D eigenvalue weighted by atomic mass is 10.2. The quantitative estimate of drug-likeness (QED) is 0.511. The van der Waals surface area contributed by atoms with E-state index >= 15 is 0 Å². The predicted octanol–water partition coefficient (Wildman–Crippen LogP) is 2.32. The van der Waals surface area contributed by atoms with Crippen LogP contribution in [-0.4, -0.2) is 50.8 Å². The minimum atomic E-state index is -3.53. The molecule has 0 aromatic heterocycles. The van der Waals surface area contributed by atoms with Crippen molar-refractivity contribution in [2.24, 2.45) is 0 Å². The van der Waals surface area contributed by atoms with Gasteiger partial charge in [-0.1, -0.05) is 26.2 Å². The van der Waals surface area contributed by atoms with Gasteiger partial charge in [0.1, 0.15) is 0 Å². The summed E-state index contributed by atoms with van der Waals surface area (Å²) in [5.41, 5.74) is 0.214. The third kappa shape index (κ3) is 6.32. The van der Waals surface area contributed by atoms with Gasteiger partial charge >= 0.3 is 5.97 Å². The Labute approximate surface area is 161 Å². The van der Waals surface area contributed by atoms with Crippen LogP contribution in [0.3, 0.4) is 0 Å². The number of benzene rings is 1. The van der Waals surface area contributed by atoms with E-state index in [0.29, 0.717) is 19.6 Å². The van der Waals surface area contributed by atoms with Gasteiger partial charge in [-0.15, -0.1) is 0 Å². The van der Waals surface area contributed by atoms with Crippen LogP contribution < -0.4 is 5.32 Å². The summed E-state index contributed by atoms with van der Waals surface area (Å²) >= 11 is 0. The zero-order valence-corrected chi connectivity index (χ0v) is 16.6. The molecule has 7 nitrogen and oxygen atoms in total. The molecule has 0 aliphatic carbocycles. The second-order valence-electron chi connectivity index (χ2n) is 6.62. The van der Waals surface area contributed by atoms with Crippen LogP contribution in [0, 0.1) is 0 Å². The van der Waals surface area contributed by atoms with Crippen LogP contribution in [0.2, 0.25) is 0 Å². The molecule has 27 heavy (non-hydrogen) atoms. The van der Waals surface area contributed by atoms with Crippen molar-refractivity contribution >= 4 is 21.9 Å². The zero-order valence-electron chi connectivity index (χ0n) is 15.8. The number of esters is 1. The van der Waals surface area contributed by atoms with Crippen LogP contribution in [0.15, 0.2) is 29.2 Å². The standard InChI is InChI=1S/C19H28N2O5S/c1-2-3-5-12-20-18(22)15-26-19(23)16-8-10-17(11-9-16)27(24,25)21-13-6-4-7-14-21/h8-11H,2-7,12-15H2,1H3,(H,20,22). The maximum absolute atomic E-state index is 12.6. The van der Waals surface area contributed by atoms with Crippen molar-refractivity contribution in [1.82, 2.24) is 9.62 Å². The Hall–Kier alpha value is -1.93. The lowest BCUT2D eigenvalue weighted by Crippen LogP contribution is -2.35. The average Bonchev–Trinajstić information content (AvgIpc) is 2.70. The number of rotatable bonds is 9. The van der Waals surface area contributed by atoms with Gasteiger partial charge in [0.05, 0.1) is 10.5 Å². The predicted molar refractivity (Wildman–Crippen MR) is 102 cm³/mol. The number of unbranched alkanes of at least 4 members (excludes halogenated alkanes) is 2. The summed E-state index contributed by atoms with van der Waals surface area (Å²) in [7, 11) is -3.53. The molecule has 1 aromatic rings. The first kappa shape index (κ1) is 21.4. The summed E-state index contributed by atoms with van der Waals surface area (Å²) in [4.78, 5) is 23.8. The average molecular weight is 397 g/mol. The van der Waals surface area contributed by atoms with Gasteiger partial charge in [-0.05, 0) is 43.5 Å². The molecule has 0 bridgehead atoms. The van der Waals surface area contributed by atoms with Crippen molar-refractivity contribution < 1.29 is 22.7 Å². The Morgan fingerprint density at radius 2 is 1.74 bits per heavy atom. The summed E-state index contributed by atoms with van der Waals surface area (Å²) in [6.45, 7) is 3.34. The van der Waals surface area contributed by atoms with Crippen molar-refractivity contribution in [3.63, 3.8) is 0 Å². The highest BCUT2D eigenvalue weighted by Gasteiger charge is 2.26. The molecule has 1 N–H and O–H groups in total. The molecule has 1 heterocycles. The molecule has 1 fully saturated rings. The molecule has 1 aliphatic heterocycles. The lowest BCUT2D eigenvalue weighted by Gasteiger charge is -2.25. The number of ether oxygens (including phenoxy) is 1. The number of carbonyl (C=O) groups excluding carboxylic acids is 2. The Morgan fingerprint density at radius 1 is 1.07 bits per heavy atom. The van der Waals surface area contributed by atoms with E-state index < -0.39 is 16.0 Å². The van der Waals surface area contributed by atoms with Crippen molar-refractivity contribution in [1.29, 1.82) is 0 Å². The maximum atomic E-state index is 12.6. The molecule has 0 radical (unpaired) electrons. The second kappa shape index (κ2) is 10.4. The summed E-state index contributed by atoms with van der Waals surface area (Å²) < 4.78 is 31.6. The number of carbonyl (C=O) groups is 2. The van der Waals surface area contributed by atoms with Crippen molar-refractivity contribution in [3.8, 4) is 0 Å². The van der Waals surface area contributed by atoms with Crippen molar-refractivity contribution in [2.75, 3.05) is 26.2 Å². The van der Waals surface area contributed by atoms with E-state index in [1.807, 2.05) is 0 Å². The molecule has 1 saturated heterocycles. The number of amides is 1. The highest BCUT2D eigenvalue weighted by molar-refractivity contribution is 7.89. The highest BCUT2D eigenvalue weighted by atomic mass is 32.2. The van der Waals surface area contributed by atoms with Gasteiger partial charge in [-0.2, -0.15) is 4.31 Å². The Morgan fingerprint density at radius 3 is 2.37 bits per heavy atom. The van der Waals surface area contributed by atoms with Crippen LogP contribution in [0.4, 0.5) is 0 Å². The molecule has 1 aromatic carbocycles. The van der Waals surface area contributed by atoms with Crippen LogP contribution in [-0.2, 0) is 19.6 Å². The number of hydrogen-bond acceptors (Lipinski definition) is 5. The fourth-order valence-electron chi connectivity index (χ4n) is 2.89. The molecule has 150 valence electrons. The molecular weight excluding hydrogens is 368 g/mol. The summed E-state index contributed by atoms with van der Waals surface area (Å²) in [5, 5.41) is 2.69. The maximum Gasteiger partial charge on any atom is 0.338 e. The summed E-state index contributed by atoms with van der Waals surface area (Å²) in [6.07, 6.45) is 5.77. The molecule has 0 saturated carbocycles. The minimum Gasteiger partial charge on any atom is -0.452 e. The molecule has 0 atom stereocenters. The van der Waals surface area contributed by atoms with E-state index in [2.05, 4.69) is 12.2 Å². The Bertz CT molecular complexity index is 725. The SMILES string of the molecule is CCCCCNC(=O)COC(=O)c1ccc(S(=O)(=O)N2CCCCC2)cc1. The van der Waals surface area contributed by atoms with Crippen molar-refractivity contribution in [3.05, 3.63) is 29.8 Å². The first-order valence-corrected chi connectivity index (χ1v) is 10.9. The molecule has 2 rings (SSSR count). The van der Waals surface area contributed by atoms with E-state index in [-0.39, 0.29) is 23.0 Å². The number of hydrogen-bond donors (Lipinski definition) is 1. The number of nitrogens with one attached hydrogen (secondary N) is 1. The smallest absolute Gasteiger partial charge is 0.338 e. The van der Waals surface area contributed by atoms with E-state index in [1.54, 1.807) is 0 Å². The lowest BCUT2D eigenvalue weighted by molar-refractivity contribution is -0.124. The van der Waals surface area contributed by atoms with Crippen molar-refractivity contribution in [2.45, 2.75) is 50.3 Å². The Balaban J connectivity index is 1.87. The third-order valence-corrected chi connectivity index (χ3v) is 6.39. The summed E-state index contributed by atoms with van der Waals surface area (Å²) in [5.74, 6) is -0.996. The normalized spacial score (nSPS) is 15.3. The molecule has 8 heteroatoms. The number of piperidine rings is 1. The summed E-state index contributed by atoms with van der Waals surface area (Å²) in [6, 6.07) is 5.65. The van der Waals surface area contributed by atoms with Gasteiger partial charge < -0.3 is 10.1 Å². The highest BCUT2D eigenvalue weighted by Crippen LogP contribution is 2.21. The van der Waals surface area contributed by atoms with Gasteiger partial charge in [0.25, 0.3) is 5.91 Å². The topological polar surface area (TPSA) is 92.8 Å². The molecule has 0 spiro atoms. The third-order valence-electron chi connectivity index (χ3n) is 4.48. The van der Waals surface area contributed by atoms with E-state index in [0.717, 1.165) is 38.5 Å². The minimum absolute atomic E-state index is 0.162. The van der Waals surface area contributed by atoms with Gasteiger partial charge in [0, 0.05) is 19.6 Å². The second-order valence-corrected chi connectivity index (χ2v) is 8.56. The first-order valence-electron chi connectivity index (χ1n) is 9.49. The fraction of sp³-hybridized carbons (Fsp3) is 0.579. The van der Waals surface area contributed by atoms with E-state index in [1.165, 1.54) is 28.6 Å². The van der Waals surface area contributed by atoms with Gasteiger partial charge in [0.15, 0.2) is 6.61 Å². The number of sulfonamides is 1. The Kier molecular flexibility index (Phi) is 8.24. The van der Waals surface area contributed by atoms with Crippen LogP contribution in [0.25, 0.3) is 0 Å². The van der Waals surface area contributed by atoms with E-state index in [4.69, 9.17) is 4.74 Å². The van der Waals surface area contributed by atoms with Gasteiger partial charge in [0.2, 0.25) is 10.0 Å². The largest absolute Gasteiger partial charge is 0.452 e. The van der Waals surface area contributed by atoms with Crippen LogP contribution >= 0.6 is 0 Å². The van der Waals surface area contributed by atoms with Gasteiger partial charge in [-0.3, -0.25) is 4.79 Å². The molecule has 0 unspecified atom stereocenters. The van der Waals surface area contributed by atoms with Crippen LogP contribution in [0.1, 0.15) is 55.8 Å². The van der Waals surface area contributed by atoms with Crippen LogP contribution in [0.5, 0.6) is 0 Å². The zero-order chi connectivity index (χ0) is 19.7. The van der Waals surface area contributed by atoms with Gasteiger partial charge in [-0.25, -0.2) is 13.2 Å². The van der Waals surface area contributed by atoms with E-state index in [9.17, 15) is 18.0 Å². The molecule has 1 amide bonds. The monoisotopic (exact) mass is 396 g/mol. The number of nitrogens with zero attached hydrogens (tertiary/aromatic N) is 1. The first-order chi connectivity index (χ1) is 12.9. The molecular formula is C19H28N2O5S. The molecule has 1 aliphatic rings. The fourth-order valence-corrected chi connectivity index (χ4v) is 4.40.